The summed E-state index contributed by atoms with van der Waals surface area (Å²) in [4.78, 5) is 12.3. The van der Waals surface area contributed by atoms with Crippen LogP contribution in [0, 0.1) is 0 Å². The van der Waals surface area contributed by atoms with Gasteiger partial charge < -0.3 is 5.32 Å². The van der Waals surface area contributed by atoms with Crippen LogP contribution in [0.1, 0.15) is 40.2 Å². The zero-order valence-corrected chi connectivity index (χ0v) is 14.1. The largest absolute Gasteiger partial charge is 0.351 e. The Morgan fingerprint density at radius 1 is 1.17 bits per heavy atom. The molecule has 0 saturated carbocycles. The van der Waals surface area contributed by atoms with Gasteiger partial charge in [-0.25, -0.2) is 13.6 Å². The number of carbonyl (C=O) groups excluding carboxylic acids is 1. The lowest BCUT2D eigenvalue weighted by atomic mass is 9.83. The first-order valence-corrected chi connectivity index (χ1v) is 9.48. The SMILES string of the molecule is NS(=O)(=O)c1cccc(C(=O)NC[C@@H]2CCCc3ccccc32)c1. The predicted octanol–water partition coefficient (Wildman–Crippen LogP) is 2.18. The minimum atomic E-state index is -3.81. The van der Waals surface area contributed by atoms with Crippen molar-refractivity contribution in [1.82, 2.24) is 5.32 Å². The van der Waals surface area contributed by atoms with Gasteiger partial charge in [0, 0.05) is 18.0 Å². The van der Waals surface area contributed by atoms with E-state index < -0.39 is 10.0 Å². The summed E-state index contributed by atoms with van der Waals surface area (Å²) < 4.78 is 22.8. The maximum atomic E-state index is 12.3. The molecule has 0 spiro atoms. The highest BCUT2D eigenvalue weighted by Crippen LogP contribution is 2.30. The Balaban J connectivity index is 1.71. The van der Waals surface area contributed by atoms with Crippen LogP contribution in [-0.2, 0) is 16.4 Å². The van der Waals surface area contributed by atoms with Crippen molar-refractivity contribution in [2.24, 2.45) is 5.14 Å². The van der Waals surface area contributed by atoms with E-state index in [9.17, 15) is 13.2 Å². The molecule has 0 radical (unpaired) electrons. The van der Waals surface area contributed by atoms with Crippen LogP contribution in [-0.4, -0.2) is 20.9 Å². The normalized spacial score (nSPS) is 17.1. The number of hydrogen-bond acceptors (Lipinski definition) is 3. The lowest BCUT2D eigenvalue weighted by Gasteiger charge is -2.25. The topological polar surface area (TPSA) is 89.3 Å². The molecule has 24 heavy (non-hydrogen) atoms. The van der Waals surface area contributed by atoms with Gasteiger partial charge in [0.05, 0.1) is 4.90 Å². The number of aryl methyl sites for hydroxylation is 1. The summed E-state index contributed by atoms with van der Waals surface area (Å²) in [6, 6.07) is 14.1. The van der Waals surface area contributed by atoms with Gasteiger partial charge in [-0.15, -0.1) is 0 Å². The number of carbonyl (C=O) groups is 1. The molecular weight excluding hydrogens is 324 g/mol. The fourth-order valence-corrected chi connectivity index (χ4v) is 3.76. The van der Waals surface area contributed by atoms with Gasteiger partial charge in [-0.05, 0) is 48.6 Å². The number of hydrogen-bond donors (Lipinski definition) is 2. The Kier molecular flexibility index (Phi) is 4.69. The molecule has 0 fully saturated rings. The molecule has 0 unspecified atom stereocenters. The van der Waals surface area contributed by atoms with E-state index in [1.54, 1.807) is 6.07 Å². The van der Waals surface area contributed by atoms with Crippen LogP contribution in [0.2, 0.25) is 0 Å². The number of primary sulfonamides is 1. The van der Waals surface area contributed by atoms with Gasteiger partial charge >= 0.3 is 0 Å². The van der Waals surface area contributed by atoms with Gasteiger partial charge in [-0.3, -0.25) is 4.79 Å². The van der Waals surface area contributed by atoms with Crippen LogP contribution in [0.5, 0.6) is 0 Å². The van der Waals surface area contributed by atoms with Crippen molar-refractivity contribution in [3.8, 4) is 0 Å². The summed E-state index contributed by atoms with van der Waals surface area (Å²) in [7, 11) is -3.81. The first kappa shape index (κ1) is 16.7. The zero-order chi connectivity index (χ0) is 17.2. The maximum absolute atomic E-state index is 12.3. The minimum Gasteiger partial charge on any atom is -0.351 e. The van der Waals surface area contributed by atoms with Crippen LogP contribution in [0.25, 0.3) is 0 Å². The number of nitrogens with two attached hydrogens (primary N) is 1. The fourth-order valence-electron chi connectivity index (χ4n) is 3.20. The van der Waals surface area contributed by atoms with Gasteiger partial charge in [0.2, 0.25) is 10.0 Å². The van der Waals surface area contributed by atoms with Crippen LogP contribution < -0.4 is 10.5 Å². The van der Waals surface area contributed by atoms with Gasteiger partial charge in [0.15, 0.2) is 0 Å². The molecule has 6 heteroatoms. The third-order valence-electron chi connectivity index (χ3n) is 4.43. The molecule has 0 bridgehead atoms. The maximum Gasteiger partial charge on any atom is 0.251 e. The summed E-state index contributed by atoms with van der Waals surface area (Å²) >= 11 is 0. The quantitative estimate of drug-likeness (QED) is 0.891. The Labute approximate surface area is 141 Å². The molecule has 5 nitrogen and oxygen atoms in total. The van der Waals surface area contributed by atoms with E-state index in [4.69, 9.17) is 5.14 Å². The molecule has 1 atom stereocenters. The first-order valence-electron chi connectivity index (χ1n) is 7.94. The number of amides is 1. The summed E-state index contributed by atoms with van der Waals surface area (Å²) in [5.74, 6) is 0.00359. The van der Waals surface area contributed by atoms with Crippen LogP contribution in [0.3, 0.4) is 0 Å². The second kappa shape index (κ2) is 6.75. The molecule has 0 saturated heterocycles. The second-order valence-electron chi connectivity index (χ2n) is 6.07. The number of sulfonamides is 1. The standard InChI is InChI=1S/C18H20N2O3S/c19-24(22,23)16-9-4-7-14(11-16)18(21)20-12-15-8-3-6-13-5-1-2-10-17(13)15/h1-2,4-5,7,9-11,15H,3,6,8,12H2,(H,20,21)(H2,19,22,23)/t15-/m0/s1. The molecule has 0 heterocycles. The lowest BCUT2D eigenvalue weighted by Crippen LogP contribution is -2.30. The van der Waals surface area contributed by atoms with Crippen molar-refractivity contribution in [3.63, 3.8) is 0 Å². The van der Waals surface area contributed by atoms with Crippen molar-refractivity contribution < 1.29 is 13.2 Å². The summed E-state index contributed by atoms with van der Waals surface area (Å²) in [6.07, 6.45) is 3.23. The van der Waals surface area contributed by atoms with E-state index in [1.165, 1.54) is 29.3 Å². The van der Waals surface area contributed by atoms with Crippen molar-refractivity contribution in [1.29, 1.82) is 0 Å². The van der Waals surface area contributed by atoms with Crippen LogP contribution >= 0.6 is 0 Å². The molecular formula is C18H20N2O3S. The number of rotatable bonds is 4. The summed E-state index contributed by atoms with van der Waals surface area (Å²) in [5.41, 5.74) is 2.94. The highest BCUT2D eigenvalue weighted by atomic mass is 32.2. The Morgan fingerprint density at radius 2 is 1.96 bits per heavy atom. The van der Waals surface area contributed by atoms with Crippen LogP contribution in [0.15, 0.2) is 53.4 Å². The fraction of sp³-hybridized carbons (Fsp3) is 0.278. The summed E-state index contributed by atoms with van der Waals surface area (Å²) in [5, 5.41) is 8.02. The predicted molar refractivity (Wildman–Crippen MR) is 92.3 cm³/mol. The highest BCUT2D eigenvalue weighted by Gasteiger charge is 2.20. The molecule has 1 aliphatic carbocycles. The molecule has 126 valence electrons. The van der Waals surface area contributed by atoms with Gasteiger partial charge in [0.25, 0.3) is 5.91 Å². The molecule has 0 aromatic heterocycles. The van der Waals surface area contributed by atoms with Crippen molar-refractivity contribution >= 4 is 15.9 Å². The average Bonchev–Trinajstić information content (AvgIpc) is 2.59. The van der Waals surface area contributed by atoms with Crippen LogP contribution in [0.4, 0.5) is 0 Å². The third kappa shape index (κ3) is 3.66. The van der Waals surface area contributed by atoms with Crippen molar-refractivity contribution in [2.45, 2.75) is 30.1 Å². The molecule has 1 aliphatic rings. The number of nitrogens with one attached hydrogen (secondary N) is 1. The van der Waals surface area contributed by atoms with E-state index in [-0.39, 0.29) is 10.8 Å². The van der Waals surface area contributed by atoms with E-state index >= 15 is 0 Å². The molecule has 3 rings (SSSR count). The number of fused-ring (bicyclic) bond motifs is 1. The third-order valence-corrected chi connectivity index (χ3v) is 5.34. The van der Waals surface area contributed by atoms with Gasteiger partial charge in [-0.1, -0.05) is 30.3 Å². The Morgan fingerprint density at radius 3 is 2.75 bits per heavy atom. The second-order valence-corrected chi connectivity index (χ2v) is 7.63. The lowest BCUT2D eigenvalue weighted by molar-refractivity contribution is 0.0950. The van der Waals surface area contributed by atoms with E-state index in [1.807, 2.05) is 12.1 Å². The Bertz CT molecular complexity index is 862. The molecule has 0 aliphatic heterocycles. The monoisotopic (exact) mass is 344 g/mol. The molecule has 1 amide bonds. The molecule has 2 aromatic rings. The van der Waals surface area contributed by atoms with Gasteiger partial charge in [-0.2, -0.15) is 0 Å². The average molecular weight is 344 g/mol. The zero-order valence-electron chi connectivity index (χ0n) is 13.2. The Hall–Kier alpha value is -2.18. The number of benzene rings is 2. The van der Waals surface area contributed by atoms with Crippen molar-refractivity contribution in [3.05, 3.63) is 65.2 Å². The highest BCUT2D eigenvalue weighted by molar-refractivity contribution is 7.89. The van der Waals surface area contributed by atoms with Crippen molar-refractivity contribution in [2.75, 3.05) is 6.54 Å². The van der Waals surface area contributed by atoms with E-state index in [0.717, 1.165) is 19.3 Å². The first-order chi connectivity index (χ1) is 11.4. The van der Waals surface area contributed by atoms with Gasteiger partial charge in [0.1, 0.15) is 0 Å². The smallest absolute Gasteiger partial charge is 0.251 e. The van der Waals surface area contributed by atoms with E-state index in [0.29, 0.717) is 18.0 Å². The van der Waals surface area contributed by atoms with E-state index in [2.05, 4.69) is 17.4 Å². The minimum absolute atomic E-state index is 0.0573. The summed E-state index contributed by atoms with van der Waals surface area (Å²) in [6.45, 7) is 0.537. The molecule has 3 N–H and O–H groups in total. The molecule has 2 aromatic carbocycles.